The smallest absolute Gasteiger partial charge is 0.261 e. The Bertz CT molecular complexity index is 846. The maximum atomic E-state index is 12.6. The molecule has 0 saturated heterocycles. The van der Waals surface area contributed by atoms with E-state index in [1.807, 2.05) is 20.8 Å². The van der Waals surface area contributed by atoms with E-state index >= 15 is 0 Å². The van der Waals surface area contributed by atoms with Crippen LogP contribution in [-0.2, 0) is 10.0 Å². The Balaban J connectivity index is 2.22. The summed E-state index contributed by atoms with van der Waals surface area (Å²) in [4.78, 5) is 12.4. The van der Waals surface area contributed by atoms with Crippen molar-refractivity contribution >= 4 is 21.6 Å². The van der Waals surface area contributed by atoms with Crippen LogP contribution in [0.15, 0.2) is 53.4 Å². The minimum atomic E-state index is -3.82. The summed E-state index contributed by atoms with van der Waals surface area (Å²) in [5.74, 6) is 0.579. The van der Waals surface area contributed by atoms with E-state index in [9.17, 15) is 13.2 Å². The van der Waals surface area contributed by atoms with E-state index in [2.05, 4.69) is 10.0 Å². The molecule has 0 radical (unpaired) electrons. The van der Waals surface area contributed by atoms with Crippen molar-refractivity contribution in [2.24, 2.45) is 5.92 Å². The SMILES string of the molecule is CCOc1ccc(S(=O)(=O)Nc2ccccc2C(=O)NCC(C)C)cc1. The van der Waals surface area contributed by atoms with Crippen molar-refractivity contribution in [2.75, 3.05) is 17.9 Å². The van der Waals surface area contributed by atoms with Gasteiger partial charge in [0.2, 0.25) is 0 Å². The Morgan fingerprint density at radius 3 is 2.35 bits per heavy atom. The van der Waals surface area contributed by atoms with E-state index in [1.54, 1.807) is 36.4 Å². The van der Waals surface area contributed by atoms with Gasteiger partial charge in [0.1, 0.15) is 5.75 Å². The molecule has 0 heterocycles. The number of hydrogen-bond donors (Lipinski definition) is 2. The number of anilines is 1. The molecule has 2 aromatic carbocycles. The highest BCUT2D eigenvalue weighted by Gasteiger charge is 2.18. The maximum absolute atomic E-state index is 12.6. The Morgan fingerprint density at radius 2 is 1.73 bits per heavy atom. The first-order valence-corrected chi connectivity index (χ1v) is 9.94. The lowest BCUT2D eigenvalue weighted by Gasteiger charge is -2.14. The van der Waals surface area contributed by atoms with Crippen LogP contribution in [-0.4, -0.2) is 27.5 Å². The average molecular weight is 376 g/mol. The second kappa shape index (κ2) is 8.71. The molecule has 0 atom stereocenters. The standard InChI is InChI=1S/C19H24N2O4S/c1-4-25-15-9-11-16(12-10-15)26(23,24)21-18-8-6-5-7-17(18)19(22)20-13-14(2)3/h5-12,14,21H,4,13H2,1-3H3,(H,20,22). The lowest BCUT2D eigenvalue weighted by atomic mass is 10.1. The molecule has 2 rings (SSSR count). The lowest BCUT2D eigenvalue weighted by Crippen LogP contribution is -2.28. The predicted octanol–water partition coefficient (Wildman–Crippen LogP) is 3.27. The molecular formula is C19H24N2O4S. The molecule has 0 bridgehead atoms. The van der Waals surface area contributed by atoms with Crippen molar-refractivity contribution in [1.29, 1.82) is 0 Å². The Kier molecular flexibility index (Phi) is 6.63. The van der Waals surface area contributed by atoms with Crippen LogP contribution in [0.4, 0.5) is 5.69 Å². The van der Waals surface area contributed by atoms with Crippen molar-refractivity contribution < 1.29 is 17.9 Å². The zero-order chi connectivity index (χ0) is 19.2. The minimum absolute atomic E-state index is 0.0957. The summed E-state index contributed by atoms with van der Waals surface area (Å²) in [5, 5.41) is 2.80. The van der Waals surface area contributed by atoms with Crippen molar-refractivity contribution in [2.45, 2.75) is 25.7 Å². The summed E-state index contributed by atoms with van der Waals surface area (Å²) in [6, 6.07) is 12.7. The first-order chi connectivity index (χ1) is 12.3. The van der Waals surface area contributed by atoms with E-state index in [0.717, 1.165) is 0 Å². The van der Waals surface area contributed by atoms with Gasteiger partial charge in [0.25, 0.3) is 15.9 Å². The molecule has 0 fully saturated rings. The monoisotopic (exact) mass is 376 g/mol. The summed E-state index contributed by atoms with van der Waals surface area (Å²) in [6.07, 6.45) is 0. The maximum Gasteiger partial charge on any atom is 0.261 e. The number of ether oxygens (including phenoxy) is 1. The van der Waals surface area contributed by atoms with Gasteiger partial charge in [0.15, 0.2) is 0 Å². The Labute approximate surface area is 154 Å². The molecule has 0 unspecified atom stereocenters. The highest BCUT2D eigenvalue weighted by molar-refractivity contribution is 7.92. The second-order valence-corrected chi connectivity index (χ2v) is 7.84. The van der Waals surface area contributed by atoms with E-state index in [0.29, 0.717) is 24.8 Å². The molecule has 26 heavy (non-hydrogen) atoms. The Morgan fingerprint density at radius 1 is 1.08 bits per heavy atom. The van der Waals surface area contributed by atoms with Gasteiger partial charge in [0.05, 0.1) is 22.8 Å². The fraction of sp³-hybridized carbons (Fsp3) is 0.316. The van der Waals surface area contributed by atoms with Crippen molar-refractivity contribution in [3.8, 4) is 5.75 Å². The highest BCUT2D eigenvalue weighted by Crippen LogP contribution is 2.22. The summed E-state index contributed by atoms with van der Waals surface area (Å²) in [6.45, 7) is 6.84. The number of sulfonamides is 1. The number of carbonyl (C=O) groups is 1. The fourth-order valence-electron chi connectivity index (χ4n) is 2.25. The summed E-state index contributed by atoms with van der Waals surface area (Å²) >= 11 is 0. The van der Waals surface area contributed by atoms with Crippen molar-refractivity contribution in [3.05, 3.63) is 54.1 Å². The summed E-state index contributed by atoms with van der Waals surface area (Å²) in [5.41, 5.74) is 0.519. The van der Waals surface area contributed by atoms with Gasteiger partial charge < -0.3 is 10.1 Å². The van der Waals surface area contributed by atoms with Gasteiger partial charge in [-0.3, -0.25) is 9.52 Å². The van der Waals surface area contributed by atoms with Crippen molar-refractivity contribution in [1.82, 2.24) is 5.32 Å². The number of benzene rings is 2. The van der Waals surface area contributed by atoms with Crippen molar-refractivity contribution in [3.63, 3.8) is 0 Å². The third-order valence-corrected chi connectivity index (χ3v) is 4.91. The third kappa shape index (κ3) is 5.23. The molecule has 1 amide bonds. The largest absolute Gasteiger partial charge is 0.494 e. The zero-order valence-corrected chi connectivity index (χ0v) is 16.0. The third-order valence-electron chi connectivity index (χ3n) is 3.53. The van der Waals surface area contributed by atoms with Gasteiger partial charge in [-0.2, -0.15) is 0 Å². The van der Waals surface area contributed by atoms with Crippen LogP contribution in [0.25, 0.3) is 0 Å². The molecule has 0 aliphatic rings. The van der Waals surface area contributed by atoms with E-state index in [-0.39, 0.29) is 22.1 Å². The van der Waals surface area contributed by atoms with E-state index < -0.39 is 10.0 Å². The number of amides is 1. The van der Waals surface area contributed by atoms with Crippen LogP contribution in [0, 0.1) is 5.92 Å². The first kappa shape index (κ1) is 19.8. The van der Waals surface area contributed by atoms with Gasteiger partial charge in [-0.1, -0.05) is 26.0 Å². The molecule has 0 spiro atoms. The van der Waals surface area contributed by atoms with Gasteiger partial charge >= 0.3 is 0 Å². The second-order valence-electron chi connectivity index (χ2n) is 6.16. The average Bonchev–Trinajstić information content (AvgIpc) is 2.60. The number of para-hydroxylation sites is 1. The molecule has 6 nitrogen and oxygen atoms in total. The molecule has 140 valence electrons. The summed E-state index contributed by atoms with van der Waals surface area (Å²) in [7, 11) is -3.82. The first-order valence-electron chi connectivity index (χ1n) is 8.46. The van der Waals surface area contributed by atoms with Crippen LogP contribution >= 0.6 is 0 Å². The molecule has 0 aromatic heterocycles. The Hall–Kier alpha value is -2.54. The zero-order valence-electron chi connectivity index (χ0n) is 15.2. The minimum Gasteiger partial charge on any atom is -0.494 e. The van der Waals surface area contributed by atoms with E-state index in [1.165, 1.54) is 12.1 Å². The van der Waals surface area contributed by atoms with Crippen LogP contribution in [0.5, 0.6) is 5.75 Å². The van der Waals surface area contributed by atoms with Crippen LogP contribution in [0.1, 0.15) is 31.1 Å². The number of nitrogens with one attached hydrogen (secondary N) is 2. The molecule has 0 aliphatic carbocycles. The quantitative estimate of drug-likeness (QED) is 0.740. The van der Waals surface area contributed by atoms with Crippen LogP contribution < -0.4 is 14.8 Å². The fourth-order valence-corrected chi connectivity index (χ4v) is 3.33. The molecular weight excluding hydrogens is 352 g/mol. The molecule has 2 aromatic rings. The number of carbonyl (C=O) groups excluding carboxylic acids is 1. The normalized spacial score (nSPS) is 11.2. The van der Waals surface area contributed by atoms with Gasteiger partial charge in [0, 0.05) is 6.54 Å². The number of rotatable bonds is 8. The molecule has 0 saturated carbocycles. The molecule has 2 N–H and O–H groups in total. The van der Waals surface area contributed by atoms with Gasteiger partial charge in [-0.25, -0.2) is 8.42 Å². The predicted molar refractivity (Wildman–Crippen MR) is 102 cm³/mol. The lowest BCUT2D eigenvalue weighted by molar-refractivity contribution is 0.0950. The van der Waals surface area contributed by atoms with Crippen LogP contribution in [0.2, 0.25) is 0 Å². The van der Waals surface area contributed by atoms with Gasteiger partial charge in [-0.05, 0) is 49.2 Å². The highest BCUT2D eigenvalue weighted by atomic mass is 32.2. The van der Waals surface area contributed by atoms with Crippen LogP contribution in [0.3, 0.4) is 0 Å². The van der Waals surface area contributed by atoms with E-state index in [4.69, 9.17) is 4.74 Å². The topological polar surface area (TPSA) is 84.5 Å². The van der Waals surface area contributed by atoms with Gasteiger partial charge in [-0.15, -0.1) is 0 Å². The molecule has 0 aliphatic heterocycles. The summed E-state index contributed by atoms with van der Waals surface area (Å²) < 4.78 is 33.1. The number of hydrogen-bond acceptors (Lipinski definition) is 4. The molecule has 7 heteroatoms.